The maximum absolute atomic E-state index is 12.7. The summed E-state index contributed by atoms with van der Waals surface area (Å²) in [7, 11) is -0.724. The minimum Gasteiger partial charge on any atom is -0.472 e. The van der Waals surface area contributed by atoms with Gasteiger partial charge in [0.15, 0.2) is 14.1 Å². The van der Waals surface area contributed by atoms with Gasteiger partial charge in [-0.2, -0.15) is 5.10 Å². The Labute approximate surface area is 169 Å². The minimum absolute atomic E-state index is 0.00707. The third kappa shape index (κ3) is 3.38. The highest BCUT2D eigenvalue weighted by Crippen LogP contribution is 2.42. The summed E-state index contributed by atoms with van der Waals surface area (Å²) in [6.45, 7) is 9.95. The molecule has 1 aromatic heterocycles. The van der Waals surface area contributed by atoms with E-state index in [1.54, 1.807) is 0 Å². The lowest BCUT2D eigenvalue weighted by atomic mass is 10.0. The summed E-state index contributed by atoms with van der Waals surface area (Å²) in [5.74, 6) is 0.394. The molecule has 1 aromatic carbocycles. The molecule has 0 fully saturated rings. The number of nitro groups is 1. The highest BCUT2D eigenvalue weighted by atomic mass is 28.4. The van der Waals surface area contributed by atoms with E-state index in [2.05, 4.69) is 39.0 Å². The van der Waals surface area contributed by atoms with E-state index in [-0.39, 0.29) is 34.6 Å². The Morgan fingerprint density at radius 3 is 2.59 bits per heavy atom. The number of nitro benzene ring substituents is 1. The smallest absolute Gasteiger partial charge is 0.350 e. The summed E-state index contributed by atoms with van der Waals surface area (Å²) in [6.07, 6.45) is 0. The molecule has 0 radical (unpaired) electrons. The molecule has 158 valence electrons. The number of aryl methyl sites for hydroxylation is 1. The molecule has 2 aromatic rings. The fraction of sp³-hybridized carbons (Fsp3) is 0.556. The van der Waals surface area contributed by atoms with Crippen LogP contribution in [0.3, 0.4) is 0 Å². The normalized spacial score (nSPS) is 18.7. The van der Waals surface area contributed by atoms with Gasteiger partial charge in [0.25, 0.3) is 5.69 Å². The van der Waals surface area contributed by atoms with Gasteiger partial charge < -0.3 is 14.3 Å². The highest BCUT2D eigenvalue weighted by molar-refractivity contribution is 6.74. The number of hydrogen-bond acceptors (Lipinski definition) is 7. The Balaban J connectivity index is 2.14. The predicted molar refractivity (Wildman–Crippen MR) is 108 cm³/mol. The zero-order chi connectivity index (χ0) is 21.8. The van der Waals surface area contributed by atoms with Crippen LogP contribution in [0.2, 0.25) is 18.1 Å². The largest absolute Gasteiger partial charge is 0.472 e. The molecule has 1 aliphatic rings. The van der Waals surface area contributed by atoms with Crippen molar-refractivity contribution in [3.05, 3.63) is 44.6 Å². The van der Waals surface area contributed by atoms with E-state index >= 15 is 0 Å². The van der Waals surface area contributed by atoms with Gasteiger partial charge in [-0.3, -0.25) is 10.1 Å². The number of aromatic nitrogens is 3. The number of benzene rings is 1. The standard InChI is InChI=1S/C18H26N4O6Si/c1-17(2,3)29(5,6)27-11-18(10-23)15-19-20(4)16(24)21(15)13-9-12(22(25)26)7-8-14(13)28-18/h7-9,23H,10-11H2,1-6H3. The Hall–Kier alpha value is -2.50. The van der Waals surface area contributed by atoms with Crippen molar-refractivity contribution >= 4 is 14.0 Å². The van der Waals surface area contributed by atoms with Crippen LogP contribution in [0.25, 0.3) is 5.69 Å². The maximum Gasteiger partial charge on any atom is 0.350 e. The molecule has 29 heavy (non-hydrogen) atoms. The number of nitrogens with zero attached hydrogens (tertiary/aromatic N) is 4. The van der Waals surface area contributed by atoms with E-state index in [9.17, 15) is 20.0 Å². The summed E-state index contributed by atoms with van der Waals surface area (Å²) in [6, 6.07) is 3.98. The average Bonchev–Trinajstić information content (AvgIpc) is 2.94. The van der Waals surface area contributed by atoms with Crippen LogP contribution in [0.15, 0.2) is 23.0 Å². The lowest BCUT2D eigenvalue weighted by Gasteiger charge is -2.41. The second-order valence-electron chi connectivity index (χ2n) is 8.78. The fourth-order valence-electron chi connectivity index (χ4n) is 2.87. The van der Waals surface area contributed by atoms with Crippen LogP contribution < -0.4 is 10.4 Å². The summed E-state index contributed by atoms with van der Waals surface area (Å²) in [5, 5.41) is 25.7. The van der Waals surface area contributed by atoms with Crippen molar-refractivity contribution in [3.8, 4) is 11.4 Å². The van der Waals surface area contributed by atoms with Crippen LogP contribution >= 0.6 is 0 Å². The topological polar surface area (TPSA) is 122 Å². The molecule has 0 saturated heterocycles. The number of aliphatic hydroxyl groups is 1. The molecule has 10 nitrogen and oxygen atoms in total. The molecule has 11 heteroatoms. The first-order valence-corrected chi connectivity index (χ1v) is 12.1. The molecular weight excluding hydrogens is 396 g/mol. The average molecular weight is 423 g/mol. The molecule has 0 saturated carbocycles. The molecule has 2 heterocycles. The summed E-state index contributed by atoms with van der Waals surface area (Å²) < 4.78 is 14.7. The predicted octanol–water partition coefficient (Wildman–Crippen LogP) is 2.08. The fourth-order valence-corrected chi connectivity index (χ4v) is 3.90. The van der Waals surface area contributed by atoms with Crippen LogP contribution in [0.1, 0.15) is 26.6 Å². The van der Waals surface area contributed by atoms with Gasteiger partial charge in [0.2, 0.25) is 5.60 Å². The summed E-state index contributed by atoms with van der Waals surface area (Å²) in [4.78, 5) is 23.4. The summed E-state index contributed by atoms with van der Waals surface area (Å²) in [5.41, 5.74) is -1.86. The quantitative estimate of drug-likeness (QED) is 0.445. The van der Waals surface area contributed by atoms with E-state index in [0.29, 0.717) is 0 Å². The number of hydrogen-bond donors (Lipinski definition) is 1. The number of fused-ring (bicyclic) bond motifs is 3. The highest BCUT2D eigenvalue weighted by Gasteiger charge is 2.48. The third-order valence-electron chi connectivity index (χ3n) is 5.76. The molecule has 0 spiro atoms. The van der Waals surface area contributed by atoms with Gasteiger partial charge in [0.1, 0.15) is 11.4 Å². The van der Waals surface area contributed by atoms with Crippen molar-refractivity contribution in [2.24, 2.45) is 7.05 Å². The first kappa shape index (κ1) is 21.2. The van der Waals surface area contributed by atoms with Crippen molar-refractivity contribution in [2.75, 3.05) is 13.2 Å². The first-order valence-electron chi connectivity index (χ1n) is 9.22. The lowest BCUT2D eigenvalue weighted by Crippen LogP contribution is -2.51. The molecule has 1 unspecified atom stereocenters. The van der Waals surface area contributed by atoms with Crippen molar-refractivity contribution < 1.29 is 19.2 Å². The van der Waals surface area contributed by atoms with Gasteiger partial charge in [-0.15, -0.1) is 0 Å². The Morgan fingerprint density at radius 1 is 1.38 bits per heavy atom. The van der Waals surface area contributed by atoms with Crippen LogP contribution in [0.4, 0.5) is 5.69 Å². The van der Waals surface area contributed by atoms with Gasteiger partial charge in [0.05, 0.1) is 18.1 Å². The van der Waals surface area contributed by atoms with Gasteiger partial charge in [-0.1, -0.05) is 20.8 Å². The zero-order valence-corrected chi connectivity index (χ0v) is 18.4. The van der Waals surface area contributed by atoms with E-state index < -0.39 is 31.1 Å². The van der Waals surface area contributed by atoms with Crippen LogP contribution in [0.5, 0.6) is 5.75 Å². The van der Waals surface area contributed by atoms with Gasteiger partial charge >= 0.3 is 5.69 Å². The third-order valence-corrected chi connectivity index (χ3v) is 10.2. The Morgan fingerprint density at radius 2 is 2.03 bits per heavy atom. The van der Waals surface area contributed by atoms with Crippen LogP contribution in [-0.4, -0.2) is 45.9 Å². The number of ether oxygens (including phenoxy) is 1. The number of rotatable bonds is 5. The SMILES string of the molecule is Cn1nc2n(c1=O)-c1cc([N+](=O)[O-])ccc1OC2(CO)CO[Si](C)(C)C(C)(C)C. The molecule has 1 atom stereocenters. The maximum atomic E-state index is 12.7. The molecule has 3 rings (SSSR count). The molecule has 1 aliphatic heterocycles. The molecule has 0 aliphatic carbocycles. The minimum atomic E-state index is -2.20. The molecule has 0 bridgehead atoms. The summed E-state index contributed by atoms with van der Waals surface area (Å²) >= 11 is 0. The molecule has 1 N–H and O–H groups in total. The lowest BCUT2D eigenvalue weighted by molar-refractivity contribution is -0.384. The zero-order valence-electron chi connectivity index (χ0n) is 17.4. The van der Waals surface area contributed by atoms with Crippen molar-refractivity contribution in [3.63, 3.8) is 0 Å². The van der Waals surface area contributed by atoms with E-state index in [1.807, 2.05) is 0 Å². The Bertz CT molecular complexity index is 1020. The molecular formula is C18H26N4O6Si. The van der Waals surface area contributed by atoms with E-state index in [0.717, 1.165) is 4.68 Å². The van der Waals surface area contributed by atoms with Crippen molar-refractivity contribution in [1.82, 2.24) is 14.3 Å². The van der Waals surface area contributed by atoms with Crippen LogP contribution in [-0.2, 0) is 17.1 Å². The molecule has 0 amide bonds. The van der Waals surface area contributed by atoms with Gasteiger partial charge in [-0.05, 0) is 24.2 Å². The first-order chi connectivity index (χ1) is 13.3. The van der Waals surface area contributed by atoms with Gasteiger partial charge in [0, 0.05) is 19.2 Å². The number of non-ortho nitro benzene ring substituents is 1. The van der Waals surface area contributed by atoms with E-state index in [4.69, 9.17) is 9.16 Å². The van der Waals surface area contributed by atoms with E-state index in [1.165, 1.54) is 29.8 Å². The number of aliphatic hydroxyl groups excluding tert-OH is 1. The monoisotopic (exact) mass is 422 g/mol. The second kappa shape index (κ2) is 6.78. The van der Waals surface area contributed by atoms with Gasteiger partial charge in [-0.25, -0.2) is 14.0 Å². The van der Waals surface area contributed by atoms with Crippen molar-refractivity contribution in [1.29, 1.82) is 0 Å². The van der Waals surface area contributed by atoms with Crippen LogP contribution in [0, 0.1) is 10.1 Å². The van der Waals surface area contributed by atoms with Crippen molar-refractivity contribution in [2.45, 2.75) is 44.5 Å². The second-order valence-corrected chi connectivity index (χ2v) is 13.6. The Kier molecular flexibility index (Phi) is 4.96.